The van der Waals surface area contributed by atoms with Gasteiger partial charge in [-0.15, -0.1) is 0 Å². The molecule has 0 amide bonds. The van der Waals surface area contributed by atoms with Crippen molar-refractivity contribution in [2.24, 2.45) is 5.92 Å². The number of allylic oxidation sites excluding steroid dienone is 2. The fourth-order valence-corrected chi connectivity index (χ4v) is 4.39. The van der Waals surface area contributed by atoms with Crippen molar-refractivity contribution in [2.75, 3.05) is 12.4 Å². The first-order valence-corrected chi connectivity index (χ1v) is 9.45. The zero-order valence-electron chi connectivity index (χ0n) is 14.7. The number of hydrogen-bond donors (Lipinski definition) is 1. The van der Waals surface area contributed by atoms with Crippen LogP contribution in [0.1, 0.15) is 36.4 Å². The van der Waals surface area contributed by atoms with E-state index in [1.54, 1.807) is 7.11 Å². The molecule has 1 aliphatic heterocycles. The molecular formula is C21H20BrNO3. The highest BCUT2D eigenvalue weighted by atomic mass is 79.9. The van der Waals surface area contributed by atoms with E-state index in [0.717, 1.165) is 22.1 Å². The summed E-state index contributed by atoms with van der Waals surface area (Å²) in [4.78, 5) is 11.3. The third kappa shape index (κ3) is 3.01. The van der Waals surface area contributed by atoms with Gasteiger partial charge in [0.15, 0.2) is 11.5 Å². The van der Waals surface area contributed by atoms with E-state index in [1.165, 1.54) is 12.5 Å². The van der Waals surface area contributed by atoms with Crippen LogP contribution in [0.5, 0.6) is 11.5 Å². The van der Waals surface area contributed by atoms with Gasteiger partial charge in [0.25, 0.3) is 0 Å². The van der Waals surface area contributed by atoms with Crippen molar-refractivity contribution in [1.82, 2.24) is 0 Å². The number of anilines is 1. The van der Waals surface area contributed by atoms with E-state index in [2.05, 4.69) is 51.6 Å². The van der Waals surface area contributed by atoms with Crippen molar-refractivity contribution in [3.63, 3.8) is 0 Å². The molecule has 3 unspecified atom stereocenters. The Balaban J connectivity index is 1.72. The molecule has 3 atom stereocenters. The van der Waals surface area contributed by atoms with Crippen LogP contribution in [-0.4, -0.2) is 13.1 Å². The van der Waals surface area contributed by atoms with Crippen molar-refractivity contribution in [2.45, 2.75) is 25.3 Å². The molecule has 0 fully saturated rings. The standard InChI is InChI=1S/C21H20BrNO3/c1-12(24)26-19-9-6-13(10-20(19)25-2)21-16-5-3-4-15(16)17-11-14(22)7-8-18(17)23-21/h3-4,6-11,15-16,21,23H,5H2,1-2H3. The Bertz CT molecular complexity index is 893. The van der Waals surface area contributed by atoms with Crippen molar-refractivity contribution in [3.05, 3.63) is 64.1 Å². The van der Waals surface area contributed by atoms with E-state index >= 15 is 0 Å². The Labute approximate surface area is 161 Å². The lowest BCUT2D eigenvalue weighted by molar-refractivity contribution is -0.132. The number of carbonyl (C=O) groups excluding carboxylic acids is 1. The average molecular weight is 414 g/mol. The van der Waals surface area contributed by atoms with Crippen molar-refractivity contribution in [3.8, 4) is 11.5 Å². The van der Waals surface area contributed by atoms with Gasteiger partial charge >= 0.3 is 5.97 Å². The van der Waals surface area contributed by atoms with E-state index in [4.69, 9.17) is 9.47 Å². The molecule has 1 aliphatic carbocycles. The van der Waals surface area contributed by atoms with E-state index in [1.807, 2.05) is 18.2 Å². The molecule has 4 rings (SSSR count). The van der Waals surface area contributed by atoms with Gasteiger partial charge in [-0.05, 0) is 53.8 Å². The third-order valence-electron chi connectivity index (χ3n) is 5.13. The van der Waals surface area contributed by atoms with Gasteiger partial charge in [-0.25, -0.2) is 0 Å². The van der Waals surface area contributed by atoms with Gasteiger partial charge in [0.05, 0.1) is 13.2 Å². The summed E-state index contributed by atoms with van der Waals surface area (Å²) in [7, 11) is 1.59. The van der Waals surface area contributed by atoms with Gasteiger partial charge in [-0.1, -0.05) is 34.1 Å². The van der Waals surface area contributed by atoms with Crippen LogP contribution in [0.3, 0.4) is 0 Å². The van der Waals surface area contributed by atoms with Gasteiger partial charge in [-0.3, -0.25) is 4.79 Å². The minimum absolute atomic E-state index is 0.170. The monoisotopic (exact) mass is 413 g/mol. The topological polar surface area (TPSA) is 47.6 Å². The van der Waals surface area contributed by atoms with Crippen LogP contribution in [0.4, 0.5) is 5.69 Å². The maximum atomic E-state index is 11.3. The molecule has 1 heterocycles. The predicted molar refractivity (Wildman–Crippen MR) is 105 cm³/mol. The molecule has 0 saturated heterocycles. The van der Waals surface area contributed by atoms with Crippen LogP contribution in [0.15, 0.2) is 53.0 Å². The maximum Gasteiger partial charge on any atom is 0.308 e. The Morgan fingerprint density at radius 2 is 2.04 bits per heavy atom. The molecule has 4 nitrogen and oxygen atoms in total. The zero-order valence-corrected chi connectivity index (χ0v) is 16.2. The second kappa shape index (κ2) is 6.80. The molecule has 0 aromatic heterocycles. The first-order valence-electron chi connectivity index (χ1n) is 8.66. The number of methoxy groups -OCH3 is 1. The molecule has 2 aromatic rings. The van der Waals surface area contributed by atoms with Crippen molar-refractivity contribution in [1.29, 1.82) is 0 Å². The second-order valence-corrected chi connectivity index (χ2v) is 7.63. The summed E-state index contributed by atoms with van der Waals surface area (Å²) in [6.45, 7) is 1.39. The largest absolute Gasteiger partial charge is 0.493 e. The molecule has 134 valence electrons. The first kappa shape index (κ1) is 17.2. The van der Waals surface area contributed by atoms with Crippen molar-refractivity contribution < 1.29 is 14.3 Å². The number of benzene rings is 2. The van der Waals surface area contributed by atoms with E-state index in [0.29, 0.717) is 23.3 Å². The molecule has 0 radical (unpaired) electrons. The zero-order chi connectivity index (χ0) is 18.3. The van der Waals surface area contributed by atoms with Gasteiger partial charge in [0, 0.05) is 23.0 Å². The number of ether oxygens (including phenoxy) is 2. The lowest BCUT2D eigenvalue weighted by atomic mass is 9.77. The SMILES string of the molecule is COc1cc(C2Nc3ccc(Br)cc3C3C=CCC32)ccc1OC(C)=O. The highest BCUT2D eigenvalue weighted by Crippen LogP contribution is 2.50. The number of esters is 1. The first-order chi connectivity index (χ1) is 12.6. The number of rotatable bonds is 3. The average Bonchev–Trinajstić information content (AvgIpc) is 3.11. The number of halogens is 1. The third-order valence-corrected chi connectivity index (χ3v) is 5.62. The minimum atomic E-state index is -0.355. The van der Waals surface area contributed by atoms with Gasteiger partial charge in [-0.2, -0.15) is 0 Å². The quantitative estimate of drug-likeness (QED) is 0.426. The van der Waals surface area contributed by atoms with Gasteiger partial charge < -0.3 is 14.8 Å². The molecule has 2 aromatic carbocycles. The molecular weight excluding hydrogens is 394 g/mol. The molecule has 2 aliphatic rings. The molecule has 5 heteroatoms. The fourth-order valence-electron chi connectivity index (χ4n) is 4.01. The van der Waals surface area contributed by atoms with E-state index < -0.39 is 0 Å². The summed E-state index contributed by atoms with van der Waals surface area (Å²) in [6.07, 6.45) is 5.61. The van der Waals surface area contributed by atoms with E-state index in [9.17, 15) is 4.79 Å². The van der Waals surface area contributed by atoms with Crippen LogP contribution in [0, 0.1) is 5.92 Å². The van der Waals surface area contributed by atoms with Crippen LogP contribution in [0.2, 0.25) is 0 Å². The van der Waals surface area contributed by atoms with Crippen LogP contribution in [-0.2, 0) is 4.79 Å². The van der Waals surface area contributed by atoms with Gasteiger partial charge in [0.1, 0.15) is 0 Å². The Morgan fingerprint density at radius 1 is 1.19 bits per heavy atom. The number of nitrogens with one attached hydrogen (secondary N) is 1. The maximum absolute atomic E-state index is 11.3. The highest BCUT2D eigenvalue weighted by molar-refractivity contribution is 9.10. The lowest BCUT2D eigenvalue weighted by Gasteiger charge is -2.37. The summed E-state index contributed by atoms with van der Waals surface area (Å²) >= 11 is 3.58. The van der Waals surface area contributed by atoms with E-state index in [-0.39, 0.29) is 12.0 Å². The van der Waals surface area contributed by atoms with Crippen LogP contribution in [0.25, 0.3) is 0 Å². The van der Waals surface area contributed by atoms with Gasteiger partial charge in [0.2, 0.25) is 0 Å². The summed E-state index contributed by atoms with van der Waals surface area (Å²) in [5.74, 6) is 1.51. The van der Waals surface area contributed by atoms with Crippen LogP contribution >= 0.6 is 15.9 Å². The molecule has 0 spiro atoms. The lowest BCUT2D eigenvalue weighted by Crippen LogP contribution is -2.29. The predicted octanol–water partition coefficient (Wildman–Crippen LogP) is 5.21. The fraction of sp³-hybridized carbons (Fsp3) is 0.286. The smallest absolute Gasteiger partial charge is 0.308 e. The summed E-state index contributed by atoms with van der Waals surface area (Å²) < 4.78 is 11.8. The minimum Gasteiger partial charge on any atom is -0.493 e. The second-order valence-electron chi connectivity index (χ2n) is 6.71. The number of hydrogen-bond acceptors (Lipinski definition) is 4. The van der Waals surface area contributed by atoms with Crippen LogP contribution < -0.4 is 14.8 Å². The highest BCUT2D eigenvalue weighted by Gasteiger charge is 2.38. The Kier molecular flexibility index (Phi) is 4.49. The Hall–Kier alpha value is -2.27. The summed E-state index contributed by atoms with van der Waals surface area (Å²) in [5.41, 5.74) is 3.62. The number of carbonyl (C=O) groups is 1. The molecule has 1 N–H and O–H groups in total. The van der Waals surface area contributed by atoms with Crippen molar-refractivity contribution >= 4 is 27.6 Å². The normalized spacial score (nSPS) is 23.0. The molecule has 26 heavy (non-hydrogen) atoms. The summed E-state index contributed by atoms with van der Waals surface area (Å²) in [5, 5.41) is 3.70. The summed E-state index contributed by atoms with van der Waals surface area (Å²) in [6, 6.07) is 12.4. The molecule has 0 saturated carbocycles. The number of fused-ring (bicyclic) bond motifs is 3. The molecule has 0 bridgehead atoms. The Morgan fingerprint density at radius 3 is 2.81 bits per heavy atom.